The van der Waals surface area contributed by atoms with Crippen molar-refractivity contribution in [2.45, 2.75) is 57.9 Å². The van der Waals surface area contributed by atoms with Gasteiger partial charge in [0.2, 0.25) is 0 Å². The highest BCUT2D eigenvalue weighted by molar-refractivity contribution is 5.07. The first-order valence-electron chi connectivity index (χ1n) is 8.74. The van der Waals surface area contributed by atoms with Gasteiger partial charge in [-0.25, -0.2) is 0 Å². The fourth-order valence-electron chi connectivity index (χ4n) is 6.50. The second-order valence-electron chi connectivity index (χ2n) is 7.98. The van der Waals surface area contributed by atoms with Crippen molar-refractivity contribution >= 4 is 0 Å². The fourth-order valence-corrected chi connectivity index (χ4v) is 6.50. The smallest absolute Gasteiger partial charge is 0.0277 e. The van der Waals surface area contributed by atoms with Crippen LogP contribution in [0.1, 0.15) is 51.9 Å². The van der Waals surface area contributed by atoms with E-state index in [2.05, 4.69) is 17.1 Å². The lowest BCUT2D eigenvalue weighted by Gasteiger charge is -2.61. The minimum atomic E-state index is 0.697. The molecule has 19 heavy (non-hydrogen) atoms. The molecule has 0 aromatic rings. The Morgan fingerprint density at radius 1 is 1.05 bits per heavy atom. The van der Waals surface area contributed by atoms with Gasteiger partial charge in [-0.05, 0) is 87.7 Å². The fraction of sp³-hybridized carbons (Fsp3) is 1.00. The summed E-state index contributed by atoms with van der Waals surface area (Å²) in [5.74, 6) is 3.27. The molecule has 1 aliphatic heterocycles. The highest BCUT2D eigenvalue weighted by atomic mass is 15.2. The van der Waals surface area contributed by atoms with E-state index in [4.69, 9.17) is 0 Å². The van der Waals surface area contributed by atoms with Crippen LogP contribution in [-0.2, 0) is 0 Å². The van der Waals surface area contributed by atoms with E-state index in [0.29, 0.717) is 5.41 Å². The van der Waals surface area contributed by atoms with Crippen molar-refractivity contribution in [3.8, 4) is 0 Å². The maximum absolute atomic E-state index is 3.74. The van der Waals surface area contributed by atoms with Gasteiger partial charge >= 0.3 is 0 Å². The average molecular weight is 262 g/mol. The van der Waals surface area contributed by atoms with Crippen LogP contribution in [0, 0.1) is 23.2 Å². The Bertz CT molecular complexity index is 303. The van der Waals surface area contributed by atoms with Crippen LogP contribution in [0.3, 0.4) is 0 Å². The third kappa shape index (κ3) is 2.06. The zero-order chi connectivity index (χ0) is 12.9. The average Bonchev–Trinajstić information content (AvgIpc) is 2.62. The molecule has 4 aliphatic carbocycles. The van der Waals surface area contributed by atoms with Crippen molar-refractivity contribution in [2.75, 3.05) is 26.2 Å². The third-order valence-electron chi connectivity index (χ3n) is 6.78. The van der Waals surface area contributed by atoms with Crippen molar-refractivity contribution in [3.63, 3.8) is 0 Å². The molecule has 0 amide bonds. The Kier molecular flexibility index (Phi) is 3.15. The molecule has 2 heteroatoms. The van der Waals surface area contributed by atoms with Crippen LogP contribution < -0.4 is 5.32 Å². The largest absolute Gasteiger partial charge is 0.315 e. The number of nitrogens with zero attached hydrogens (tertiary/aromatic N) is 1. The van der Waals surface area contributed by atoms with Crippen molar-refractivity contribution < 1.29 is 0 Å². The van der Waals surface area contributed by atoms with Crippen molar-refractivity contribution in [3.05, 3.63) is 0 Å². The number of likely N-dealkylation sites (N-methyl/N-ethyl adjacent to an activating group) is 1. The number of hydrogen-bond donors (Lipinski definition) is 1. The van der Waals surface area contributed by atoms with Crippen molar-refractivity contribution in [1.82, 2.24) is 10.2 Å². The zero-order valence-corrected chi connectivity index (χ0v) is 12.5. The number of hydrogen-bond acceptors (Lipinski definition) is 2. The van der Waals surface area contributed by atoms with Crippen LogP contribution in [-0.4, -0.2) is 37.1 Å². The second-order valence-corrected chi connectivity index (χ2v) is 7.98. The molecule has 1 N–H and O–H groups in total. The van der Waals surface area contributed by atoms with E-state index in [0.717, 1.165) is 23.8 Å². The van der Waals surface area contributed by atoms with Crippen LogP contribution in [0.4, 0.5) is 0 Å². The van der Waals surface area contributed by atoms with E-state index in [1.165, 1.54) is 32.6 Å². The molecule has 1 saturated heterocycles. The zero-order valence-electron chi connectivity index (χ0n) is 12.5. The lowest BCUT2D eigenvalue weighted by atomic mass is 9.47. The Balaban J connectivity index is 1.62. The van der Waals surface area contributed by atoms with E-state index >= 15 is 0 Å². The first kappa shape index (κ1) is 12.6. The van der Waals surface area contributed by atoms with Gasteiger partial charge in [0, 0.05) is 12.6 Å². The molecule has 0 spiro atoms. The summed E-state index contributed by atoms with van der Waals surface area (Å²) >= 11 is 0. The molecule has 4 saturated carbocycles. The predicted octanol–water partition coefficient (Wildman–Crippen LogP) is 2.89. The molecule has 1 atom stereocenters. The van der Waals surface area contributed by atoms with Gasteiger partial charge in [-0.2, -0.15) is 0 Å². The summed E-state index contributed by atoms with van der Waals surface area (Å²) in [6.07, 6.45) is 10.7. The first-order chi connectivity index (χ1) is 9.29. The molecule has 108 valence electrons. The Morgan fingerprint density at radius 3 is 2.26 bits per heavy atom. The summed E-state index contributed by atoms with van der Waals surface area (Å²) in [5.41, 5.74) is 0.697. The minimum Gasteiger partial charge on any atom is -0.315 e. The maximum Gasteiger partial charge on any atom is 0.0277 e. The Labute approximate surface area is 118 Å². The molecule has 5 fully saturated rings. The van der Waals surface area contributed by atoms with Crippen LogP contribution in [0.2, 0.25) is 0 Å². The summed E-state index contributed by atoms with van der Waals surface area (Å²) < 4.78 is 0. The Morgan fingerprint density at radius 2 is 1.68 bits per heavy atom. The molecule has 5 rings (SSSR count). The van der Waals surface area contributed by atoms with E-state index in [1.807, 2.05) is 0 Å². The summed E-state index contributed by atoms with van der Waals surface area (Å²) in [6.45, 7) is 7.46. The standard InChI is InChI=1S/C17H30N2/c1-2-19-5-3-4-18-12-16(19)17-9-13-6-14(10-17)8-15(7-13)11-17/h13-16,18H,2-12H2,1H3. The van der Waals surface area contributed by atoms with Gasteiger partial charge in [-0.1, -0.05) is 6.92 Å². The second kappa shape index (κ2) is 4.73. The van der Waals surface area contributed by atoms with Gasteiger partial charge < -0.3 is 5.32 Å². The van der Waals surface area contributed by atoms with E-state index in [-0.39, 0.29) is 0 Å². The van der Waals surface area contributed by atoms with Crippen molar-refractivity contribution in [2.24, 2.45) is 23.2 Å². The number of nitrogens with one attached hydrogen (secondary N) is 1. The topological polar surface area (TPSA) is 15.3 Å². The van der Waals surface area contributed by atoms with E-state index in [9.17, 15) is 0 Å². The maximum atomic E-state index is 3.74. The van der Waals surface area contributed by atoms with Crippen LogP contribution in [0.15, 0.2) is 0 Å². The lowest BCUT2D eigenvalue weighted by Crippen LogP contribution is -2.59. The molecule has 0 aromatic carbocycles. The van der Waals surface area contributed by atoms with Gasteiger partial charge in [-0.15, -0.1) is 0 Å². The minimum absolute atomic E-state index is 0.697. The summed E-state index contributed by atoms with van der Waals surface area (Å²) in [6, 6.07) is 0.841. The van der Waals surface area contributed by atoms with Gasteiger partial charge in [0.25, 0.3) is 0 Å². The lowest BCUT2D eigenvalue weighted by molar-refractivity contribution is -0.0977. The van der Waals surface area contributed by atoms with Gasteiger partial charge in [0.05, 0.1) is 0 Å². The molecule has 1 heterocycles. The Hall–Kier alpha value is -0.0800. The molecule has 0 aromatic heterocycles. The highest BCUT2D eigenvalue weighted by Gasteiger charge is 2.55. The van der Waals surface area contributed by atoms with E-state index in [1.54, 1.807) is 38.5 Å². The van der Waals surface area contributed by atoms with Gasteiger partial charge in [-0.3, -0.25) is 4.90 Å². The van der Waals surface area contributed by atoms with Crippen LogP contribution in [0.25, 0.3) is 0 Å². The van der Waals surface area contributed by atoms with Crippen LogP contribution >= 0.6 is 0 Å². The molecular weight excluding hydrogens is 232 g/mol. The van der Waals surface area contributed by atoms with Gasteiger partial charge in [0.15, 0.2) is 0 Å². The molecule has 5 aliphatic rings. The highest BCUT2D eigenvalue weighted by Crippen LogP contribution is 2.61. The quantitative estimate of drug-likeness (QED) is 0.823. The molecular formula is C17H30N2. The monoisotopic (exact) mass is 262 g/mol. The van der Waals surface area contributed by atoms with Gasteiger partial charge in [0.1, 0.15) is 0 Å². The van der Waals surface area contributed by atoms with E-state index < -0.39 is 0 Å². The summed E-state index contributed by atoms with van der Waals surface area (Å²) in [7, 11) is 0. The van der Waals surface area contributed by atoms with Crippen molar-refractivity contribution in [1.29, 1.82) is 0 Å². The first-order valence-corrected chi connectivity index (χ1v) is 8.74. The third-order valence-corrected chi connectivity index (χ3v) is 6.78. The summed E-state index contributed by atoms with van der Waals surface area (Å²) in [4.78, 5) is 2.83. The summed E-state index contributed by atoms with van der Waals surface area (Å²) in [5, 5.41) is 3.74. The number of rotatable bonds is 2. The normalized spacial score (nSPS) is 50.4. The molecule has 4 bridgehead atoms. The molecule has 2 nitrogen and oxygen atoms in total. The predicted molar refractivity (Wildman–Crippen MR) is 79.1 cm³/mol. The SMILES string of the molecule is CCN1CCCNCC1C12CC3CC(CC(C3)C1)C2. The molecule has 1 unspecified atom stereocenters. The molecule has 0 radical (unpaired) electrons. The van der Waals surface area contributed by atoms with Crippen LogP contribution in [0.5, 0.6) is 0 Å².